The topological polar surface area (TPSA) is 131 Å². The van der Waals surface area contributed by atoms with Gasteiger partial charge in [0.05, 0.1) is 18.5 Å². The second-order valence-electron chi connectivity index (χ2n) is 3.74. The molecule has 18 heavy (non-hydrogen) atoms. The second-order valence-corrected chi connectivity index (χ2v) is 3.74. The fraction of sp³-hybridized carbons (Fsp3) is 0.500. The minimum atomic E-state index is -0.911. The zero-order chi connectivity index (χ0) is 13.5. The van der Waals surface area contributed by atoms with Crippen molar-refractivity contribution in [1.29, 1.82) is 0 Å². The Hall–Kier alpha value is -2.25. The second kappa shape index (κ2) is 6.48. The van der Waals surface area contributed by atoms with Crippen molar-refractivity contribution in [2.24, 2.45) is 11.7 Å². The number of ether oxygens (including phenoxy) is 1. The van der Waals surface area contributed by atoms with Crippen LogP contribution < -0.4 is 16.4 Å². The predicted molar refractivity (Wildman–Crippen MR) is 60.7 cm³/mol. The van der Waals surface area contributed by atoms with Crippen LogP contribution >= 0.6 is 0 Å². The van der Waals surface area contributed by atoms with Gasteiger partial charge in [-0.1, -0.05) is 12.2 Å². The van der Waals surface area contributed by atoms with Crippen LogP contribution in [0.1, 0.15) is 6.42 Å². The monoisotopic (exact) mass is 257 g/mol. The highest BCUT2D eigenvalue weighted by atomic mass is 16.5. The number of primary amides is 1. The summed E-state index contributed by atoms with van der Waals surface area (Å²) >= 11 is 0. The summed E-state index contributed by atoms with van der Waals surface area (Å²) in [6.45, 7) is 0.120. The zero-order valence-corrected chi connectivity index (χ0v) is 9.59. The van der Waals surface area contributed by atoms with Crippen LogP contribution in [0.25, 0.3) is 0 Å². The van der Waals surface area contributed by atoms with Gasteiger partial charge in [-0.15, -0.1) is 0 Å². The number of amides is 3. The maximum absolute atomic E-state index is 11.3. The summed E-state index contributed by atoms with van der Waals surface area (Å²) in [5, 5.41) is 13.8. The van der Waals surface area contributed by atoms with Crippen LogP contribution in [0.4, 0.5) is 9.59 Å². The number of carboxylic acid groups (broad SMARTS) is 1. The van der Waals surface area contributed by atoms with E-state index >= 15 is 0 Å². The third-order valence-electron chi connectivity index (χ3n) is 2.35. The highest BCUT2D eigenvalue weighted by Crippen LogP contribution is 2.17. The molecule has 0 saturated heterocycles. The lowest BCUT2D eigenvalue weighted by atomic mass is 10.1. The number of carbonyl (C=O) groups excluding carboxylic acids is 2. The van der Waals surface area contributed by atoms with Crippen LogP contribution in [-0.4, -0.2) is 42.4 Å². The normalized spacial score (nSPS) is 21.3. The average Bonchev–Trinajstić information content (AvgIpc) is 2.72. The number of carbonyl (C=O) groups is 3. The summed E-state index contributed by atoms with van der Waals surface area (Å²) in [5.41, 5.74) is 4.73. The van der Waals surface area contributed by atoms with E-state index in [2.05, 4.69) is 15.4 Å². The summed E-state index contributed by atoms with van der Waals surface area (Å²) in [5.74, 6) is -1.47. The lowest BCUT2D eigenvalue weighted by molar-refractivity contribution is -0.140. The Morgan fingerprint density at radius 1 is 1.39 bits per heavy atom. The molecule has 1 aliphatic carbocycles. The Kier molecular flexibility index (Phi) is 4.97. The maximum Gasteiger partial charge on any atom is 0.404 e. The molecule has 2 unspecified atom stereocenters. The Morgan fingerprint density at radius 3 is 2.67 bits per heavy atom. The van der Waals surface area contributed by atoms with Gasteiger partial charge in [-0.05, 0) is 6.42 Å². The first-order valence-electron chi connectivity index (χ1n) is 5.36. The Morgan fingerprint density at radius 2 is 2.11 bits per heavy atom. The van der Waals surface area contributed by atoms with Gasteiger partial charge in [0.2, 0.25) is 0 Å². The van der Waals surface area contributed by atoms with Crippen molar-refractivity contribution in [1.82, 2.24) is 10.6 Å². The van der Waals surface area contributed by atoms with Crippen LogP contribution in [0.5, 0.6) is 0 Å². The van der Waals surface area contributed by atoms with Crippen LogP contribution in [0.3, 0.4) is 0 Å². The van der Waals surface area contributed by atoms with Gasteiger partial charge in [-0.3, -0.25) is 4.79 Å². The number of hydrogen-bond acceptors (Lipinski definition) is 4. The van der Waals surface area contributed by atoms with E-state index in [-0.39, 0.29) is 19.2 Å². The first kappa shape index (κ1) is 13.8. The number of nitrogens with one attached hydrogen (secondary N) is 2. The SMILES string of the molecule is NC(=O)OCCNC(=O)NC1C=CC(C(=O)O)C1. The number of rotatable bonds is 5. The Labute approximate surface area is 103 Å². The molecular formula is C10H15N3O5. The minimum Gasteiger partial charge on any atom is -0.481 e. The molecule has 1 aliphatic rings. The number of hydrogen-bond donors (Lipinski definition) is 4. The summed E-state index contributed by atoms with van der Waals surface area (Å²) in [6, 6.07) is -0.757. The van der Waals surface area contributed by atoms with E-state index in [1.54, 1.807) is 12.2 Å². The van der Waals surface area contributed by atoms with Crippen molar-refractivity contribution < 1.29 is 24.2 Å². The fourth-order valence-electron chi connectivity index (χ4n) is 1.52. The number of carboxylic acids is 1. The van der Waals surface area contributed by atoms with Gasteiger partial charge in [0.15, 0.2) is 0 Å². The molecule has 0 fully saturated rings. The lowest BCUT2D eigenvalue weighted by Crippen LogP contribution is -2.42. The quantitative estimate of drug-likeness (QED) is 0.386. The van der Waals surface area contributed by atoms with Crippen molar-refractivity contribution in [2.45, 2.75) is 12.5 Å². The Bertz CT molecular complexity index is 369. The molecule has 0 radical (unpaired) electrons. The molecule has 3 amide bonds. The van der Waals surface area contributed by atoms with E-state index in [0.717, 1.165) is 0 Å². The molecule has 100 valence electrons. The van der Waals surface area contributed by atoms with Gasteiger partial charge in [-0.2, -0.15) is 0 Å². The van der Waals surface area contributed by atoms with Crippen molar-refractivity contribution in [3.05, 3.63) is 12.2 Å². The molecule has 0 aromatic rings. The third kappa shape index (κ3) is 4.73. The molecule has 0 aliphatic heterocycles. The molecule has 5 N–H and O–H groups in total. The number of urea groups is 1. The molecule has 0 saturated carbocycles. The van der Waals surface area contributed by atoms with E-state index in [1.165, 1.54) is 0 Å². The summed E-state index contributed by atoms with van der Waals surface area (Å²) in [6.07, 6.45) is 2.61. The van der Waals surface area contributed by atoms with E-state index in [0.29, 0.717) is 6.42 Å². The van der Waals surface area contributed by atoms with Gasteiger partial charge in [0, 0.05) is 0 Å². The summed E-state index contributed by atoms with van der Waals surface area (Å²) in [4.78, 5) is 32.2. The molecule has 8 nitrogen and oxygen atoms in total. The molecule has 8 heteroatoms. The number of nitrogens with two attached hydrogens (primary N) is 1. The summed E-state index contributed by atoms with van der Waals surface area (Å²) < 4.78 is 4.42. The third-order valence-corrected chi connectivity index (χ3v) is 2.35. The van der Waals surface area contributed by atoms with Gasteiger partial charge in [-0.25, -0.2) is 9.59 Å². The van der Waals surface area contributed by atoms with Gasteiger partial charge in [0.25, 0.3) is 0 Å². The lowest BCUT2D eigenvalue weighted by Gasteiger charge is -2.12. The van der Waals surface area contributed by atoms with Crippen molar-refractivity contribution in [3.63, 3.8) is 0 Å². The van der Waals surface area contributed by atoms with Crippen molar-refractivity contribution in [2.75, 3.05) is 13.2 Å². The molecule has 0 heterocycles. The predicted octanol–water partition coefficient (Wildman–Crippen LogP) is -0.590. The molecule has 1 rings (SSSR count). The summed E-state index contributed by atoms with van der Waals surface area (Å²) in [7, 11) is 0. The molecule has 0 aromatic heterocycles. The van der Waals surface area contributed by atoms with E-state index in [9.17, 15) is 14.4 Å². The van der Waals surface area contributed by atoms with Crippen LogP contribution in [0.2, 0.25) is 0 Å². The van der Waals surface area contributed by atoms with Gasteiger partial charge in [0.1, 0.15) is 6.61 Å². The smallest absolute Gasteiger partial charge is 0.404 e. The molecule has 0 spiro atoms. The van der Waals surface area contributed by atoms with Gasteiger partial charge < -0.3 is 26.2 Å². The van der Waals surface area contributed by atoms with Crippen molar-refractivity contribution in [3.8, 4) is 0 Å². The number of aliphatic carboxylic acids is 1. The van der Waals surface area contributed by atoms with Gasteiger partial charge >= 0.3 is 18.1 Å². The first-order chi connectivity index (χ1) is 8.49. The van der Waals surface area contributed by atoms with Crippen molar-refractivity contribution >= 4 is 18.1 Å². The molecular weight excluding hydrogens is 242 g/mol. The highest BCUT2D eigenvalue weighted by molar-refractivity contribution is 5.76. The van der Waals surface area contributed by atoms with Crippen LogP contribution in [-0.2, 0) is 9.53 Å². The maximum atomic E-state index is 11.3. The minimum absolute atomic E-state index is 0.0129. The molecule has 0 aromatic carbocycles. The largest absolute Gasteiger partial charge is 0.481 e. The Balaban J connectivity index is 2.16. The van der Waals surface area contributed by atoms with Crippen LogP contribution in [0.15, 0.2) is 12.2 Å². The molecule has 0 bridgehead atoms. The van der Waals surface area contributed by atoms with E-state index in [1.807, 2.05) is 0 Å². The first-order valence-corrected chi connectivity index (χ1v) is 5.36. The van der Waals surface area contributed by atoms with E-state index < -0.39 is 24.0 Å². The standard InChI is InChI=1S/C10H15N3O5/c11-9(16)18-4-3-12-10(17)13-7-2-1-6(5-7)8(14)15/h1-2,6-7H,3-5H2,(H2,11,16)(H,14,15)(H2,12,13,17). The zero-order valence-electron chi connectivity index (χ0n) is 9.59. The highest BCUT2D eigenvalue weighted by Gasteiger charge is 2.25. The van der Waals surface area contributed by atoms with Crippen LogP contribution in [0, 0.1) is 5.92 Å². The molecule has 2 atom stereocenters. The van der Waals surface area contributed by atoms with E-state index in [4.69, 9.17) is 10.8 Å². The average molecular weight is 257 g/mol. The fourth-order valence-corrected chi connectivity index (χ4v) is 1.52.